The van der Waals surface area contributed by atoms with Crippen LogP contribution in [0, 0.1) is 0 Å². The van der Waals surface area contributed by atoms with Gasteiger partial charge in [0.05, 0.1) is 17.3 Å². The minimum atomic E-state index is -0.174. The smallest absolute Gasteiger partial charge is 0.257 e. The predicted molar refractivity (Wildman–Crippen MR) is 125 cm³/mol. The molecule has 0 aliphatic carbocycles. The van der Waals surface area contributed by atoms with E-state index in [4.69, 9.17) is 5.73 Å². The maximum Gasteiger partial charge on any atom is 0.257 e. The van der Waals surface area contributed by atoms with E-state index in [1.54, 1.807) is 18.3 Å². The third kappa shape index (κ3) is 4.45. The Morgan fingerprint density at radius 1 is 1.19 bits per heavy atom. The summed E-state index contributed by atoms with van der Waals surface area (Å²) in [4.78, 5) is 21.3. The van der Waals surface area contributed by atoms with E-state index in [2.05, 4.69) is 45.8 Å². The lowest BCUT2D eigenvalue weighted by molar-refractivity contribution is 0.102. The molecule has 5 N–H and O–H groups in total. The van der Waals surface area contributed by atoms with Gasteiger partial charge in [-0.2, -0.15) is 0 Å². The van der Waals surface area contributed by atoms with Gasteiger partial charge in [0.1, 0.15) is 0 Å². The number of nitrogen functional groups attached to an aromatic ring is 1. The van der Waals surface area contributed by atoms with Crippen LogP contribution in [0.25, 0.3) is 0 Å². The maximum absolute atomic E-state index is 13.1. The highest BCUT2D eigenvalue weighted by molar-refractivity contribution is 6.08. The molecular weight excluding hydrogens is 388 g/mol. The lowest BCUT2D eigenvalue weighted by Crippen LogP contribution is -2.28. The van der Waals surface area contributed by atoms with Gasteiger partial charge in [0.25, 0.3) is 5.91 Å². The van der Waals surface area contributed by atoms with E-state index < -0.39 is 0 Å². The Morgan fingerprint density at radius 3 is 2.81 bits per heavy atom. The number of carbonyl (C=O) groups excluding carboxylic acids is 1. The van der Waals surface area contributed by atoms with E-state index in [0.29, 0.717) is 5.56 Å². The zero-order chi connectivity index (χ0) is 22.0. The van der Waals surface area contributed by atoms with Crippen LogP contribution in [-0.2, 0) is 5.41 Å². The predicted octanol–water partition coefficient (Wildman–Crippen LogP) is 4.58. The number of anilines is 4. The second-order valence-electron chi connectivity index (χ2n) is 8.53. The number of nitrogens with one attached hydrogen (secondary N) is 3. The summed E-state index contributed by atoms with van der Waals surface area (Å²) in [5.74, 6) is 0.0499. The summed E-state index contributed by atoms with van der Waals surface area (Å²) >= 11 is 0. The Labute approximate surface area is 182 Å². The van der Waals surface area contributed by atoms with Crippen LogP contribution in [0.1, 0.15) is 54.8 Å². The van der Waals surface area contributed by atoms with Crippen molar-refractivity contribution in [1.82, 2.24) is 9.97 Å². The molecule has 1 aliphatic heterocycles. The highest BCUT2D eigenvalue weighted by atomic mass is 16.1. The van der Waals surface area contributed by atoms with Crippen molar-refractivity contribution in [2.75, 3.05) is 28.2 Å². The molecule has 1 aromatic heterocycles. The summed E-state index contributed by atoms with van der Waals surface area (Å²) < 4.78 is 0. The Kier molecular flexibility index (Phi) is 5.50. The zero-order valence-electron chi connectivity index (χ0n) is 18.1. The Hall–Kier alpha value is -3.61. The largest absolute Gasteiger partial charge is 0.385 e. The third-order valence-electron chi connectivity index (χ3n) is 5.76. The van der Waals surface area contributed by atoms with Crippen LogP contribution >= 0.6 is 0 Å². The lowest BCUT2D eigenvalue weighted by atomic mass is 9.78. The van der Waals surface area contributed by atoms with Gasteiger partial charge in [-0.05, 0) is 54.7 Å². The van der Waals surface area contributed by atoms with Crippen molar-refractivity contribution in [1.29, 1.82) is 0 Å². The summed E-state index contributed by atoms with van der Waals surface area (Å²) in [5, 5.41) is 9.84. The number of para-hydroxylation sites is 1. The number of hydrogen-bond donors (Lipinski definition) is 4. The van der Waals surface area contributed by atoms with Crippen molar-refractivity contribution >= 4 is 28.9 Å². The molecule has 0 bridgehead atoms. The molecule has 4 rings (SSSR count). The molecule has 7 nitrogen and oxygen atoms in total. The average Bonchev–Trinajstić information content (AvgIpc) is 2.73. The number of benzene rings is 2. The summed E-state index contributed by atoms with van der Waals surface area (Å²) in [7, 11) is 0. The summed E-state index contributed by atoms with van der Waals surface area (Å²) in [5.41, 5.74) is 11.0. The number of amides is 1. The van der Waals surface area contributed by atoms with Gasteiger partial charge in [-0.25, -0.2) is 9.97 Å². The van der Waals surface area contributed by atoms with Crippen molar-refractivity contribution in [2.24, 2.45) is 0 Å². The van der Waals surface area contributed by atoms with Crippen molar-refractivity contribution in [3.05, 3.63) is 71.5 Å². The third-order valence-corrected chi connectivity index (χ3v) is 5.76. The van der Waals surface area contributed by atoms with Crippen molar-refractivity contribution in [2.45, 2.75) is 38.6 Å². The molecule has 1 amide bonds. The van der Waals surface area contributed by atoms with Gasteiger partial charge in [0.2, 0.25) is 5.95 Å². The van der Waals surface area contributed by atoms with Crippen LogP contribution in [0.15, 0.2) is 54.7 Å². The second-order valence-corrected chi connectivity index (χ2v) is 8.53. The van der Waals surface area contributed by atoms with Gasteiger partial charge in [-0.15, -0.1) is 0 Å². The van der Waals surface area contributed by atoms with Gasteiger partial charge in [0.15, 0.2) is 0 Å². The average molecular weight is 417 g/mol. The zero-order valence-corrected chi connectivity index (χ0v) is 18.1. The summed E-state index contributed by atoms with van der Waals surface area (Å²) in [6.07, 6.45) is 2.71. The molecule has 0 radical (unpaired) electrons. The topological polar surface area (TPSA) is 105 Å². The number of nitrogens with two attached hydrogens (primary N) is 1. The molecule has 1 unspecified atom stereocenters. The minimum absolute atomic E-state index is 0.125. The Morgan fingerprint density at radius 2 is 2.00 bits per heavy atom. The first-order valence-electron chi connectivity index (χ1n) is 10.5. The van der Waals surface area contributed by atoms with Crippen molar-refractivity contribution in [3.63, 3.8) is 0 Å². The number of carbonyl (C=O) groups is 1. The number of hydrogen-bond acceptors (Lipinski definition) is 6. The number of fused-ring (bicyclic) bond motifs is 1. The van der Waals surface area contributed by atoms with Crippen LogP contribution in [0.4, 0.5) is 23.0 Å². The maximum atomic E-state index is 13.1. The SMILES string of the molecule is CC(Nc1ccccc1C(=O)Nc1ccc2c(c1)NCCC2(C)C)c1ccnc(N)n1. The Bertz CT molecular complexity index is 1110. The quantitative estimate of drug-likeness (QED) is 0.485. The summed E-state index contributed by atoms with van der Waals surface area (Å²) in [6, 6.07) is 15.2. The first-order chi connectivity index (χ1) is 14.8. The standard InChI is InChI=1S/C24H28N6O/c1-15(19-10-12-27-23(25)30-19)28-20-7-5-4-6-17(20)22(31)29-16-8-9-18-21(14-16)26-13-11-24(18,2)3/h4-10,12,14-15,26,28H,11,13H2,1-3H3,(H,29,31)(H2,25,27,30). The monoisotopic (exact) mass is 416 g/mol. The lowest BCUT2D eigenvalue weighted by Gasteiger charge is -2.33. The van der Waals surface area contributed by atoms with E-state index in [1.807, 2.05) is 37.3 Å². The van der Waals surface area contributed by atoms with Gasteiger partial charge in [0, 0.05) is 29.8 Å². The second kappa shape index (κ2) is 8.26. The molecule has 7 heteroatoms. The fourth-order valence-electron chi connectivity index (χ4n) is 3.94. The van der Waals surface area contributed by atoms with Crippen molar-refractivity contribution in [3.8, 4) is 0 Å². The highest BCUT2D eigenvalue weighted by Gasteiger charge is 2.27. The van der Waals surface area contributed by atoms with Gasteiger partial charge in [-0.1, -0.05) is 32.0 Å². The highest BCUT2D eigenvalue weighted by Crippen LogP contribution is 2.38. The number of rotatable bonds is 5. The minimum Gasteiger partial charge on any atom is -0.385 e. The molecular formula is C24H28N6O. The molecule has 1 aliphatic rings. The molecule has 0 saturated carbocycles. The molecule has 3 aromatic rings. The fraction of sp³-hybridized carbons (Fsp3) is 0.292. The molecule has 0 fully saturated rings. The van der Waals surface area contributed by atoms with E-state index in [9.17, 15) is 4.79 Å². The van der Waals surface area contributed by atoms with Gasteiger partial charge < -0.3 is 21.7 Å². The van der Waals surface area contributed by atoms with Crippen LogP contribution in [0.5, 0.6) is 0 Å². The number of aromatic nitrogens is 2. The van der Waals surface area contributed by atoms with E-state index in [-0.39, 0.29) is 23.3 Å². The van der Waals surface area contributed by atoms with Crippen LogP contribution in [0.2, 0.25) is 0 Å². The number of nitrogens with zero attached hydrogens (tertiary/aromatic N) is 2. The van der Waals surface area contributed by atoms with Gasteiger partial charge in [-0.3, -0.25) is 4.79 Å². The van der Waals surface area contributed by atoms with E-state index in [0.717, 1.165) is 35.7 Å². The molecule has 31 heavy (non-hydrogen) atoms. The summed E-state index contributed by atoms with van der Waals surface area (Å²) in [6.45, 7) is 7.39. The molecule has 2 heterocycles. The first kappa shape index (κ1) is 20.7. The molecule has 160 valence electrons. The van der Waals surface area contributed by atoms with Gasteiger partial charge >= 0.3 is 0 Å². The molecule has 0 spiro atoms. The van der Waals surface area contributed by atoms with E-state index >= 15 is 0 Å². The van der Waals surface area contributed by atoms with E-state index in [1.165, 1.54) is 5.56 Å². The van der Waals surface area contributed by atoms with Crippen LogP contribution < -0.4 is 21.7 Å². The van der Waals surface area contributed by atoms with Crippen LogP contribution in [0.3, 0.4) is 0 Å². The normalized spacial score (nSPS) is 15.3. The van der Waals surface area contributed by atoms with Crippen LogP contribution in [-0.4, -0.2) is 22.4 Å². The fourth-order valence-corrected chi connectivity index (χ4v) is 3.94. The molecule has 2 aromatic carbocycles. The molecule has 0 saturated heterocycles. The first-order valence-corrected chi connectivity index (χ1v) is 10.5. The van der Waals surface area contributed by atoms with Crippen molar-refractivity contribution < 1.29 is 4.79 Å². The Balaban J connectivity index is 1.53. The molecule has 1 atom stereocenters.